The van der Waals surface area contributed by atoms with Gasteiger partial charge in [0.05, 0.1) is 41.0 Å². The Labute approximate surface area is 357 Å². The van der Waals surface area contributed by atoms with Crippen molar-refractivity contribution in [3.05, 3.63) is 112 Å². The number of fused-ring (bicyclic) bond motifs is 2. The van der Waals surface area contributed by atoms with Gasteiger partial charge >= 0.3 is 5.69 Å². The molecular formula is C44H46N10O6S. The Hall–Kier alpha value is -7.01. The summed E-state index contributed by atoms with van der Waals surface area (Å²) in [4.78, 5) is 52.4. The fraction of sp³-hybridized carbons (Fsp3) is 0.273. The van der Waals surface area contributed by atoms with E-state index in [0.29, 0.717) is 96.0 Å². The summed E-state index contributed by atoms with van der Waals surface area (Å²) >= 11 is 4.71. The Morgan fingerprint density at radius 3 is 2.43 bits per heavy atom. The van der Waals surface area contributed by atoms with Crippen LogP contribution in [0.1, 0.15) is 61.0 Å². The first-order valence-corrected chi connectivity index (χ1v) is 20.4. The Bertz CT molecular complexity index is 2670. The van der Waals surface area contributed by atoms with Gasteiger partial charge in [-0.3, -0.25) is 13.9 Å². The number of hydrogen-bond acceptors (Lipinski definition) is 13. The van der Waals surface area contributed by atoms with Gasteiger partial charge in [-0.15, -0.1) is 0 Å². The van der Waals surface area contributed by atoms with Crippen LogP contribution in [0.25, 0.3) is 17.1 Å². The molecule has 2 aliphatic rings. The number of thiol groups is 1. The zero-order chi connectivity index (χ0) is 42.9. The quantitative estimate of drug-likeness (QED) is 0.0749. The van der Waals surface area contributed by atoms with Gasteiger partial charge in [-0.1, -0.05) is 50.9 Å². The number of aromatic hydroxyl groups is 2. The molecule has 5 N–H and O–H groups in total. The lowest BCUT2D eigenvalue weighted by Gasteiger charge is -2.33. The van der Waals surface area contributed by atoms with E-state index in [9.17, 15) is 24.6 Å². The van der Waals surface area contributed by atoms with Crippen LogP contribution in [0.15, 0.2) is 89.9 Å². The number of aromatic amines is 1. The van der Waals surface area contributed by atoms with Gasteiger partial charge in [-0.2, -0.15) is 10.1 Å². The minimum Gasteiger partial charge on any atom is -0.508 e. The molecule has 0 aliphatic carbocycles. The Balaban J connectivity index is 0.889. The Morgan fingerprint density at radius 1 is 0.951 bits per heavy atom. The van der Waals surface area contributed by atoms with Crippen LogP contribution < -0.4 is 35.2 Å². The largest absolute Gasteiger partial charge is 0.508 e. The predicted octanol–water partition coefficient (Wildman–Crippen LogP) is 6.80. The van der Waals surface area contributed by atoms with E-state index < -0.39 is 5.69 Å². The monoisotopic (exact) mass is 842 g/mol. The molecule has 8 rings (SSSR count). The van der Waals surface area contributed by atoms with Crippen molar-refractivity contribution >= 4 is 59.1 Å². The molecular weight excluding hydrogens is 797 g/mol. The predicted molar refractivity (Wildman–Crippen MR) is 237 cm³/mol. The molecule has 2 amide bonds. The number of para-hydroxylation sites is 1. The second-order valence-corrected chi connectivity index (χ2v) is 15.7. The third-order valence-corrected chi connectivity index (χ3v) is 11.5. The molecule has 4 aromatic carbocycles. The van der Waals surface area contributed by atoms with Crippen LogP contribution in [0.4, 0.5) is 34.5 Å². The number of ether oxygens (including phenoxy) is 1. The highest BCUT2D eigenvalue weighted by Gasteiger charge is 2.30. The van der Waals surface area contributed by atoms with Crippen LogP contribution >= 0.6 is 12.8 Å². The van der Waals surface area contributed by atoms with Crippen molar-refractivity contribution in [2.75, 3.05) is 46.2 Å². The van der Waals surface area contributed by atoms with E-state index >= 15 is 0 Å². The van der Waals surface area contributed by atoms with Gasteiger partial charge in [0, 0.05) is 50.4 Å². The van der Waals surface area contributed by atoms with Crippen LogP contribution in [0.3, 0.4) is 0 Å². The summed E-state index contributed by atoms with van der Waals surface area (Å²) in [5.74, 6) is 0.985. The normalized spacial score (nSPS) is 14.1. The summed E-state index contributed by atoms with van der Waals surface area (Å²) in [6.45, 7) is 7.88. The van der Waals surface area contributed by atoms with Crippen molar-refractivity contribution in [2.24, 2.45) is 5.92 Å². The number of aromatic nitrogens is 5. The smallest absolute Gasteiger partial charge is 0.348 e. The number of amides is 2. The van der Waals surface area contributed by atoms with Crippen LogP contribution in [0.2, 0.25) is 0 Å². The van der Waals surface area contributed by atoms with Gasteiger partial charge in [0.2, 0.25) is 11.9 Å². The zero-order valence-electron chi connectivity index (χ0n) is 34.1. The van der Waals surface area contributed by atoms with Crippen molar-refractivity contribution in [1.82, 2.24) is 30.0 Å². The Morgan fingerprint density at radius 2 is 1.69 bits per heavy atom. The number of carbonyl (C=O) groups excluding carboxylic acids is 2. The fourth-order valence-corrected chi connectivity index (χ4v) is 8.04. The van der Waals surface area contributed by atoms with Gasteiger partial charge in [-0.25, -0.2) is 19.4 Å². The fourth-order valence-electron chi connectivity index (χ4n) is 7.72. The number of nitrogens with zero attached hydrogens (tertiary/aromatic N) is 7. The molecule has 4 heterocycles. The molecule has 17 heteroatoms. The lowest BCUT2D eigenvalue weighted by atomic mass is 9.95. The van der Waals surface area contributed by atoms with E-state index in [-0.39, 0.29) is 41.0 Å². The van der Waals surface area contributed by atoms with Crippen molar-refractivity contribution in [2.45, 2.75) is 46.1 Å². The van der Waals surface area contributed by atoms with Crippen molar-refractivity contribution in [3.63, 3.8) is 0 Å². The molecule has 16 nitrogen and oxygen atoms in total. The number of H-pyrrole nitrogens is 1. The van der Waals surface area contributed by atoms with Gasteiger partial charge < -0.3 is 35.4 Å². The van der Waals surface area contributed by atoms with Gasteiger partial charge in [0.15, 0.2) is 11.6 Å². The Kier molecular flexibility index (Phi) is 11.3. The minimum atomic E-state index is -0.482. The summed E-state index contributed by atoms with van der Waals surface area (Å²) in [5.41, 5.74) is 5.11. The summed E-state index contributed by atoms with van der Waals surface area (Å²) in [6, 6.07) is 23.2. The van der Waals surface area contributed by atoms with Crippen LogP contribution in [0, 0.1) is 5.92 Å². The number of piperidine rings is 1. The molecule has 0 saturated carbocycles. The van der Waals surface area contributed by atoms with Crippen LogP contribution in [0.5, 0.6) is 17.2 Å². The molecule has 1 saturated heterocycles. The molecule has 6 aromatic rings. The number of phenolic OH excluding ortho intramolecular Hbond substituents is 2. The molecule has 1 fully saturated rings. The highest BCUT2D eigenvalue weighted by molar-refractivity contribution is 7.82. The summed E-state index contributed by atoms with van der Waals surface area (Å²) in [6.07, 6.45) is 2.94. The molecule has 61 heavy (non-hydrogen) atoms. The van der Waals surface area contributed by atoms with E-state index in [1.165, 1.54) is 15.5 Å². The van der Waals surface area contributed by atoms with Crippen molar-refractivity contribution in [3.8, 4) is 34.3 Å². The van der Waals surface area contributed by atoms with E-state index in [2.05, 4.69) is 30.7 Å². The first-order chi connectivity index (χ1) is 29.4. The maximum atomic E-state index is 13.3. The maximum absolute atomic E-state index is 13.3. The first kappa shape index (κ1) is 40.8. The molecule has 0 radical (unpaired) electrons. The van der Waals surface area contributed by atoms with Crippen molar-refractivity contribution in [1.29, 1.82) is 0 Å². The lowest BCUT2D eigenvalue weighted by molar-refractivity contribution is -0.125. The standard InChI is InChI=1S/C44H46N10O6S/c1-5-60-38-20-29(14-15-33(38)47-43-46-24-35-40(48-43)54(61)34-9-7-6-8-30(34)42(58)51(35)4)52-18-16-27(17-19-52)41(57)45-23-26-10-12-28(13-11-26)53-39(49-50-44(53)59)32-21-31(25(2)3)36(55)22-37(32)56/h6-15,20-22,24-25,27,55-56,61H,5,16-19,23H2,1-4H3,(H,45,57)(H,50,59)(H,46,47,48). The van der Waals surface area contributed by atoms with E-state index in [0.717, 1.165) is 11.3 Å². The lowest BCUT2D eigenvalue weighted by Crippen LogP contribution is -2.40. The molecule has 0 spiro atoms. The summed E-state index contributed by atoms with van der Waals surface area (Å²) in [7, 11) is 1.69. The average molecular weight is 843 g/mol. The second kappa shape index (κ2) is 16.9. The van der Waals surface area contributed by atoms with Gasteiger partial charge in [0.25, 0.3) is 5.91 Å². The van der Waals surface area contributed by atoms with Gasteiger partial charge in [0.1, 0.15) is 22.9 Å². The van der Waals surface area contributed by atoms with Gasteiger partial charge in [-0.05, 0) is 79.3 Å². The highest BCUT2D eigenvalue weighted by Crippen LogP contribution is 2.41. The third kappa shape index (κ3) is 8.03. The first-order valence-electron chi connectivity index (χ1n) is 20.0. The van der Waals surface area contributed by atoms with Crippen LogP contribution in [-0.4, -0.2) is 73.5 Å². The number of hydrogen-bond donors (Lipinski definition) is 6. The number of nitrogens with one attached hydrogen (secondary N) is 3. The van der Waals surface area contributed by atoms with E-state index in [4.69, 9.17) is 22.5 Å². The number of carbonyl (C=O) groups is 2. The number of anilines is 6. The average Bonchev–Trinajstić information content (AvgIpc) is 3.63. The zero-order valence-corrected chi connectivity index (χ0v) is 35.0. The number of rotatable bonds is 11. The minimum absolute atomic E-state index is 0.0186. The van der Waals surface area contributed by atoms with E-state index in [1.54, 1.807) is 41.8 Å². The summed E-state index contributed by atoms with van der Waals surface area (Å²) in [5, 5.41) is 34.0. The highest BCUT2D eigenvalue weighted by atomic mass is 32.1. The molecule has 0 atom stereocenters. The molecule has 314 valence electrons. The number of phenols is 2. The second-order valence-electron chi connectivity index (χ2n) is 15.3. The molecule has 2 aliphatic heterocycles. The summed E-state index contributed by atoms with van der Waals surface area (Å²) < 4.78 is 9.01. The maximum Gasteiger partial charge on any atom is 0.348 e. The molecule has 2 aromatic heterocycles. The molecule has 0 bridgehead atoms. The number of benzene rings is 4. The van der Waals surface area contributed by atoms with E-state index in [1.807, 2.05) is 69.3 Å². The molecule has 0 unspecified atom stereocenters. The van der Waals surface area contributed by atoms with Crippen molar-refractivity contribution < 1.29 is 24.5 Å². The topological polar surface area (TPSA) is 194 Å². The third-order valence-electron chi connectivity index (χ3n) is 11.1. The SMILES string of the molecule is CCOc1cc(N2CCC(C(=O)NCc3ccc(-n4c(-c5cc(C(C)C)c(O)cc5O)n[nH]c4=O)cc3)CC2)ccc1Nc1ncc2c(n1)N(S)c1ccccc1C(=O)N2C. The van der Waals surface area contributed by atoms with Crippen LogP contribution in [-0.2, 0) is 11.3 Å².